The molecule has 36 heavy (non-hydrogen) atoms. The Balaban J connectivity index is 1.77. The van der Waals surface area contributed by atoms with Crippen LogP contribution < -0.4 is 19.5 Å². The smallest absolute Gasteiger partial charge is 0.349 e. The number of nitrogens with one attached hydrogen (secondary N) is 1. The van der Waals surface area contributed by atoms with Gasteiger partial charge in [-0.15, -0.1) is 0 Å². The number of fused-ring (bicyclic) bond motifs is 1. The predicted molar refractivity (Wildman–Crippen MR) is 139 cm³/mol. The summed E-state index contributed by atoms with van der Waals surface area (Å²) in [6.45, 7) is 1.70. The zero-order chi connectivity index (χ0) is 25.3. The highest BCUT2D eigenvalue weighted by Crippen LogP contribution is 2.39. The second-order valence-corrected chi connectivity index (χ2v) is 8.27. The Morgan fingerprint density at radius 1 is 0.833 bits per heavy atom. The second-order valence-electron chi connectivity index (χ2n) is 8.27. The number of carbonyl (C=O) groups is 2. The van der Waals surface area contributed by atoms with Gasteiger partial charge in [0.05, 0.1) is 13.2 Å². The van der Waals surface area contributed by atoms with E-state index in [9.17, 15) is 9.59 Å². The maximum Gasteiger partial charge on any atom is 0.349 e. The van der Waals surface area contributed by atoms with Gasteiger partial charge < -0.3 is 19.5 Å². The minimum atomic E-state index is -0.607. The highest BCUT2D eigenvalue weighted by atomic mass is 16.6. The molecule has 1 atom stereocenters. The van der Waals surface area contributed by atoms with Crippen molar-refractivity contribution in [2.75, 3.05) is 13.7 Å². The van der Waals surface area contributed by atoms with Crippen LogP contribution in [0.5, 0.6) is 17.2 Å². The van der Waals surface area contributed by atoms with Crippen LogP contribution in [0.25, 0.3) is 10.8 Å². The van der Waals surface area contributed by atoms with Crippen molar-refractivity contribution in [3.05, 3.63) is 102 Å². The molecule has 0 heterocycles. The Kier molecular flexibility index (Phi) is 8.19. The third-order valence-corrected chi connectivity index (χ3v) is 5.78. The number of amides is 1. The number of methoxy groups -OCH3 is 1. The molecule has 1 amide bonds. The number of carbonyl (C=O) groups excluding carboxylic acids is 2. The van der Waals surface area contributed by atoms with Crippen LogP contribution in [0.4, 0.5) is 0 Å². The number of esters is 1. The molecular weight excluding hydrogens is 454 g/mol. The van der Waals surface area contributed by atoms with Gasteiger partial charge in [-0.1, -0.05) is 73.7 Å². The summed E-state index contributed by atoms with van der Waals surface area (Å²) in [5, 5.41) is 4.96. The van der Waals surface area contributed by atoms with Crippen molar-refractivity contribution in [3.8, 4) is 17.2 Å². The molecule has 0 aliphatic carbocycles. The summed E-state index contributed by atoms with van der Waals surface area (Å²) in [6, 6.07) is 27.4. The van der Waals surface area contributed by atoms with Crippen LogP contribution in [-0.4, -0.2) is 25.6 Å². The monoisotopic (exact) mass is 483 g/mol. The number of ether oxygens (including phenoxy) is 3. The minimum Gasteiger partial charge on any atom is -0.496 e. The van der Waals surface area contributed by atoms with Gasteiger partial charge in [-0.2, -0.15) is 0 Å². The van der Waals surface area contributed by atoms with Crippen LogP contribution in [-0.2, 0) is 9.59 Å². The van der Waals surface area contributed by atoms with Crippen LogP contribution in [0.15, 0.2) is 91.0 Å². The van der Waals surface area contributed by atoms with E-state index in [-0.39, 0.29) is 12.5 Å². The van der Waals surface area contributed by atoms with Crippen molar-refractivity contribution in [2.24, 2.45) is 0 Å². The maximum atomic E-state index is 12.8. The fraction of sp³-hybridized carbons (Fsp3) is 0.200. The summed E-state index contributed by atoms with van der Waals surface area (Å²) in [5.41, 5.74) is 1.44. The van der Waals surface area contributed by atoms with E-state index in [1.807, 2.05) is 79.7 Å². The molecule has 1 N–H and O–H groups in total. The van der Waals surface area contributed by atoms with Gasteiger partial charge in [-0.25, -0.2) is 4.79 Å². The van der Waals surface area contributed by atoms with Gasteiger partial charge in [-0.3, -0.25) is 4.79 Å². The van der Waals surface area contributed by atoms with E-state index in [0.717, 1.165) is 16.3 Å². The Morgan fingerprint density at radius 2 is 1.56 bits per heavy atom. The first-order valence-corrected chi connectivity index (χ1v) is 11.9. The highest BCUT2D eigenvalue weighted by molar-refractivity contribution is 5.91. The van der Waals surface area contributed by atoms with Gasteiger partial charge in [0.1, 0.15) is 17.2 Å². The minimum absolute atomic E-state index is 0.106. The molecule has 184 valence electrons. The average Bonchev–Trinajstić information content (AvgIpc) is 2.91. The van der Waals surface area contributed by atoms with E-state index in [1.165, 1.54) is 0 Å². The van der Waals surface area contributed by atoms with Gasteiger partial charge in [0, 0.05) is 17.5 Å². The molecule has 0 aliphatic rings. The van der Waals surface area contributed by atoms with Crippen LogP contribution in [0, 0.1) is 0 Å². The van der Waals surface area contributed by atoms with Gasteiger partial charge in [0.25, 0.3) is 0 Å². The largest absolute Gasteiger partial charge is 0.496 e. The van der Waals surface area contributed by atoms with E-state index in [0.29, 0.717) is 35.7 Å². The molecule has 6 nitrogen and oxygen atoms in total. The summed E-state index contributed by atoms with van der Waals surface area (Å²) in [6.07, 6.45) is 1.08. The molecule has 4 aromatic rings. The topological polar surface area (TPSA) is 73.9 Å². The zero-order valence-corrected chi connectivity index (χ0v) is 20.4. The molecule has 0 spiro atoms. The summed E-state index contributed by atoms with van der Waals surface area (Å²) >= 11 is 0. The van der Waals surface area contributed by atoms with E-state index in [1.54, 1.807) is 25.3 Å². The molecule has 0 aliphatic heterocycles. The lowest BCUT2D eigenvalue weighted by Crippen LogP contribution is -2.30. The zero-order valence-electron chi connectivity index (χ0n) is 20.4. The molecular formula is C30H29NO5. The first-order valence-electron chi connectivity index (χ1n) is 11.9. The second kappa shape index (κ2) is 11.9. The van der Waals surface area contributed by atoms with Crippen molar-refractivity contribution >= 4 is 22.6 Å². The molecule has 4 aromatic carbocycles. The number of para-hydroxylation sites is 2. The predicted octanol–water partition coefficient (Wildman–Crippen LogP) is 5.84. The molecule has 6 heteroatoms. The summed E-state index contributed by atoms with van der Waals surface area (Å²) in [7, 11) is 1.59. The van der Waals surface area contributed by atoms with Crippen molar-refractivity contribution < 1.29 is 23.8 Å². The normalized spacial score (nSPS) is 11.5. The third-order valence-electron chi connectivity index (χ3n) is 5.78. The van der Waals surface area contributed by atoms with Crippen molar-refractivity contribution in [2.45, 2.75) is 25.8 Å². The standard InChI is InChI=1S/C30H29NO5/c1-3-11-27(32)31-30(24-16-9-10-17-25(24)34-2)29-23-15-8-7-12-21(23)18-19-26(29)36-28(33)20-35-22-13-5-4-6-14-22/h4-10,12-19,30H,3,11,20H2,1-2H3,(H,31,32)/t30-/m0/s1. The summed E-state index contributed by atoms with van der Waals surface area (Å²) in [5.74, 6) is 0.895. The first kappa shape index (κ1) is 24.8. The van der Waals surface area contributed by atoms with Crippen molar-refractivity contribution in [3.63, 3.8) is 0 Å². The molecule has 0 radical (unpaired) electrons. The maximum absolute atomic E-state index is 12.8. The highest BCUT2D eigenvalue weighted by Gasteiger charge is 2.26. The Labute approximate surface area is 210 Å². The lowest BCUT2D eigenvalue weighted by molar-refractivity contribution is -0.136. The Morgan fingerprint density at radius 3 is 2.33 bits per heavy atom. The van der Waals surface area contributed by atoms with E-state index in [4.69, 9.17) is 14.2 Å². The summed E-state index contributed by atoms with van der Waals surface area (Å²) < 4.78 is 17.0. The van der Waals surface area contributed by atoms with Gasteiger partial charge in [0.15, 0.2) is 6.61 Å². The van der Waals surface area contributed by atoms with Gasteiger partial charge in [0.2, 0.25) is 5.91 Å². The molecule has 0 fully saturated rings. The Hall–Kier alpha value is -4.32. The fourth-order valence-electron chi connectivity index (χ4n) is 4.14. The average molecular weight is 484 g/mol. The van der Waals surface area contributed by atoms with Crippen LogP contribution >= 0.6 is 0 Å². The summed E-state index contributed by atoms with van der Waals surface area (Å²) in [4.78, 5) is 25.7. The van der Waals surface area contributed by atoms with E-state index >= 15 is 0 Å². The SMILES string of the molecule is CCCC(=O)N[C@@H](c1ccccc1OC)c1c(OC(=O)COc2ccccc2)ccc2ccccc12. The lowest BCUT2D eigenvalue weighted by atomic mass is 9.92. The first-order chi connectivity index (χ1) is 17.6. The number of hydrogen-bond donors (Lipinski definition) is 1. The van der Waals surface area contributed by atoms with Crippen LogP contribution in [0.3, 0.4) is 0 Å². The molecule has 4 rings (SSSR count). The number of benzene rings is 4. The molecule has 0 saturated carbocycles. The molecule has 0 saturated heterocycles. The number of hydrogen-bond acceptors (Lipinski definition) is 5. The Bertz CT molecular complexity index is 1340. The quantitative estimate of drug-likeness (QED) is 0.227. The fourth-order valence-corrected chi connectivity index (χ4v) is 4.14. The van der Waals surface area contributed by atoms with Crippen molar-refractivity contribution in [1.29, 1.82) is 0 Å². The molecule has 0 unspecified atom stereocenters. The molecule has 0 bridgehead atoms. The van der Waals surface area contributed by atoms with Gasteiger partial charge in [-0.05, 0) is 41.5 Å². The van der Waals surface area contributed by atoms with E-state index in [2.05, 4.69) is 5.32 Å². The van der Waals surface area contributed by atoms with Crippen LogP contribution in [0.1, 0.15) is 36.9 Å². The molecule has 0 aromatic heterocycles. The van der Waals surface area contributed by atoms with Crippen LogP contribution in [0.2, 0.25) is 0 Å². The third kappa shape index (κ3) is 5.84. The van der Waals surface area contributed by atoms with Crippen molar-refractivity contribution in [1.82, 2.24) is 5.32 Å². The van der Waals surface area contributed by atoms with Gasteiger partial charge >= 0.3 is 5.97 Å². The lowest BCUT2D eigenvalue weighted by Gasteiger charge is -2.25. The number of rotatable bonds is 10. The van der Waals surface area contributed by atoms with E-state index < -0.39 is 12.0 Å².